The summed E-state index contributed by atoms with van der Waals surface area (Å²) in [7, 11) is 0. The largest absolute Gasteiger partial charge is 0.401 e. The van der Waals surface area contributed by atoms with Gasteiger partial charge in [-0.05, 0) is 55.2 Å². The zero-order valence-electron chi connectivity index (χ0n) is 18.0. The van der Waals surface area contributed by atoms with Crippen LogP contribution in [0.4, 0.5) is 0 Å². The average molecular weight is 439 g/mol. The van der Waals surface area contributed by atoms with Crippen molar-refractivity contribution >= 4 is 23.8 Å². The zero-order chi connectivity index (χ0) is 22.2. The molecule has 31 heavy (non-hydrogen) atoms. The predicted molar refractivity (Wildman–Crippen MR) is 126 cm³/mol. The van der Waals surface area contributed by atoms with Crippen molar-refractivity contribution in [1.29, 1.82) is 0 Å². The van der Waals surface area contributed by atoms with Gasteiger partial charge in [-0.1, -0.05) is 24.3 Å². The third-order valence-electron chi connectivity index (χ3n) is 4.85. The Kier molecular flexibility index (Phi) is 7.97. The Morgan fingerprint density at radius 3 is 2.74 bits per heavy atom. The molecule has 3 aromatic rings. The number of amides is 1. The lowest BCUT2D eigenvalue weighted by atomic mass is 10.2. The van der Waals surface area contributed by atoms with E-state index in [9.17, 15) is 4.79 Å². The van der Waals surface area contributed by atoms with E-state index in [0.29, 0.717) is 18.8 Å². The van der Waals surface area contributed by atoms with E-state index in [1.54, 1.807) is 23.0 Å². The highest BCUT2D eigenvalue weighted by atomic mass is 32.2. The van der Waals surface area contributed by atoms with E-state index in [1.807, 2.05) is 43.6 Å². The van der Waals surface area contributed by atoms with Crippen molar-refractivity contribution in [1.82, 2.24) is 19.7 Å². The lowest BCUT2D eigenvalue weighted by molar-refractivity contribution is -0.109. The summed E-state index contributed by atoms with van der Waals surface area (Å²) in [6.45, 7) is 2.97. The molecule has 8 heteroatoms. The fourth-order valence-corrected chi connectivity index (χ4v) is 3.91. The lowest BCUT2D eigenvalue weighted by Crippen LogP contribution is -2.25. The number of rotatable bonds is 8. The van der Waals surface area contributed by atoms with Crippen molar-refractivity contribution < 1.29 is 4.79 Å². The number of hydrazine groups is 1. The smallest absolute Gasteiger partial charge is 0.207 e. The molecular weight excluding hydrogens is 408 g/mol. The number of allylic oxidation sites excluding steroid dienone is 1. The van der Waals surface area contributed by atoms with Crippen LogP contribution in [0.15, 0.2) is 65.6 Å². The Morgan fingerprint density at radius 2 is 2.06 bits per heavy atom. The number of nitrogens with one attached hydrogen (secondary N) is 1. The molecule has 1 aromatic carbocycles. The van der Waals surface area contributed by atoms with E-state index in [-0.39, 0.29) is 0 Å². The molecule has 2 heterocycles. The number of aromatic nitrogens is 2. The second-order valence-corrected chi connectivity index (χ2v) is 8.44. The van der Waals surface area contributed by atoms with Gasteiger partial charge in [0.25, 0.3) is 0 Å². The zero-order valence-corrected chi connectivity index (χ0v) is 18.8. The van der Waals surface area contributed by atoms with Crippen LogP contribution in [-0.2, 0) is 17.9 Å². The molecule has 0 bridgehead atoms. The average Bonchev–Trinajstić information content (AvgIpc) is 3.52. The quantitative estimate of drug-likeness (QED) is 0.216. The number of pyridine rings is 1. The topological polar surface area (TPSA) is 102 Å². The molecule has 1 aliphatic carbocycles. The van der Waals surface area contributed by atoms with E-state index in [2.05, 4.69) is 33.0 Å². The van der Waals surface area contributed by atoms with E-state index < -0.39 is 0 Å². The van der Waals surface area contributed by atoms with Gasteiger partial charge in [0.05, 0.1) is 12.2 Å². The highest BCUT2D eigenvalue weighted by Crippen LogP contribution is 2.39. The van der Waals surface area contributed by atoms with Crippen molar-refractivity contribution in [3.63, 3.8) is 0 Å². The lowest BCUT2D eigenvalue weighted by Gasteiger charge is -2.11. The molecule has 0 aliphatic heterocycles. The molecule has 164 valence electrons. The minimum absolute atomic E-state index is 0.551. The van der Waals surface area contributed by atoms with Crippen LogP contribution in [0.2, 0.25) is 0 Å². The SMILES string of the molecule is C/C(N)=C/N(N)Cc1cn2cc(C3CC3)ccc2n1.CSc1ccccc1CNC=O. The van der Waals surface area contributed by atoms with Crippen molar-refractivity contribution in [2.24, 2.45) is 11.6 Å². The van der Waals surface area contributed by atoms with Gasteiger partial charge < -0.3 is 20.5 Å². The van der Waals surface area contributed by atoms with Gasteiger partial charge in [0.1, 0.15) is 5.65 Å². The van der Waals surface area contributed by atoms with Crippen LogP contribution in [0.5, 0.6) is 0 Å². The molecule has 1 fully saturated rings. The fraction of sp³-hybridized carbons (Fsp3) is 0.304. The fourth-order valence-electron chi connectivity index (χ4n) is 3.29. The van der Waals surface area contributed by atoms with Gasteiger partial charge in [-0.2, -0.15) is 0 Å². The number of nitrogens with two attached hydrogens (primary N) is 2. The van der Waals surface area contributed by atoms with Crippen molar-refractivity contribution in [2.75, 3.05) is 6.26 Å². The Labute approximate surface area is 187 Å². The van der Waals surface area contributed by atoms with Gasteiger partial charge in [0.2, 0.25) is 6.41 Å². The molecule has 7 nitrogen and oxygen atoms in total. The van der Waals surface area contributed by atoms with Crippen LogP contribution >= 0.6 is 11.8 Å². The first kappa shape index (κ1) is 22.7. The minimum Gasteiger partial charge on any atom is -0.401 e. The van der Waals surface area contributed by atoms with E-state index in [1.165, 1.54) is 23.3 Å². The third kappa shape index (κ3) is 6.77. The number of imidazole rings is 1. The monoisotopic (exact) mass is 438 g/mol. The first-order valence-corrected chi connectivity index (χ1v) is 11.4. The summed E-state index contributed by atoms with van der Waals surface area (Å²) in [5.74, 6) is 6.60. The summed E-state index contributed by atoms with van der Waals surface area (Å²) in [6.07, 6.45) is 11.3. The Hall–Kier alpha value is -2.97. The number of hydrogen-bond acceptors (Lipinski definition) is 6. The standard InChI is InChI=1S/C14H19N5.C9H11NOS/c1-10(15)6-19(16)9-13-8-18-7-12(11-2-3-11)4-5-14(18)17-13;1-12-9-5-3-2-4-8(9)6-10-7-11/h4-8,11H,2-3,9,15-16H2,1H3;2-5,7H,6H2,1H3,(H,10,11)/b10-6-;. The highest BCUT2D eigenvalue weighted by molar-refractivity contribution is 7.98. The number of hydrogen-bond donors (Lipinski definition) is 3. The number of thioether (sulfide) groups is 1. The van der Waals surface area contributed by atoms with Crippen LogP contribution in [0.3, 0.4) is 0 Å². The molecule has 4 rings (SSSR count). The van der Waals surface area contributed by atoms with Crippen molar-refractivity contribution in [2.45, 2.75) is 43.7 Å². The molecule has 0 radical (unpaired) electrons. The predicted octanol–water partition coefficient (Wildman–Crippen LogP) is 3.36. The third-order valence-corrected chi connectivity index (χ3v) is 5.69. The van der Waals surface area contributed by atoms with Crippen molar-refractivity contribution in [3.8, 4) is 0 Å². The van der Waals surface area contributed by atoms with Gasteiger partial charge in [0.15, 0.2) is 0 Å². The summed E-state index contributed by atoms with van der Waals surface area (Å²) in [5.41, 5.74) is 10.7. The maximum atomic E-state index is 10.1. The first-order valence-electron chi connectivity index (χ1n) is 10.2. The van der Waals surface area contributed by atoms with Gasteiger partial charge in [-0.25, -0.2) is 10.8 Å². The second-order valence-electron chi connectivity index (χ2n) is 7.59. The van der Waals surface area contributed by atoms with Crippen LogP contribution in [0.1, 0.15) is 42.5 Å². The molecule has 1 amide bonds. The highest BCUT2D eigenvalue weighted by Gasteiger charge is 2.23. The normalized spacial score (nSPS) is 13.5. The maximum absolute atomic E-state index is 10.1. The second kappa shape index (κ2) is 10.9. The minimum atomic E-state index is 0.551. The summed E-state index contributed by atoms with van der Waals surface area (Å²) in [6, 6.07) is 12.3. The van der Waals surface area contributed by atoms with Crippen LogP contribution < -0.4 is 16.9 Å². The molecule has 0 atom stereocenters. The molecule has 1 saturated carbocycles. The van der Waals surface area contributed by atoms with Gasteiger partial charge in [-0.3, -0.25) is 4.79 Å². The van der Waals surface area contributed by atoms with Gasteiger partial charge in [-0.15, -0.1) is 11.8 Å². The van der Waals surface area contributed by atoms with Crippen molar-refractivity contribution in [3.05, 3.63) is 77.5 Å². The number of carbonyl (C=O) groups excluding carboxylic acids is 1. The Morgan fingerprint density at radius 1 is 1.29 bits per heavy atom. The molecule has 2 aromatic heterocycles. The van der Waals surface area contributed by atoms with Crippen LogP contribution in [0, 0.1) is 0 Å². The number of nitrogens with zero attached hydrogens (tertiary/aromatic N) is 3. The maximum Gasteiger partial charge on any atom is 0.207 e. The molecule has 5 N–H and O–H groups in total. The van der Waals surface area contributed by atoms with Gasteiger partial charge >= 0.3 is 0 Å². The van der Waals surface area contributed by atoms with Crippen LogP contribution in [-0.4, -0.2) is 27.1 Å². The van der Waals surface area contributed by atoms with E-state index in [0.717, 1.165) is 29.2 Å². The van der Waals surface area contributed by atoms with E-state index in [4.69, 9.17) is 11.6 Å². The summed E-state index contributed by atoms with van der Waals surface area (Å²) >= 11 is 1.69. The number of carbonyl (C=O) groups is 1. The number of benzene rings is 1. The first-order chi connectivity index (χ1) is 15.0. The molecule has 0 unspecified atom stereocenters. The summed E-state index contributed by atoms with van der Waals surface area (Å²) in [5, 5.41) is 4.20. The molecule has 1 aliphatic rings. The molecule has 0 spiro atoms. The number of fused-ring (bicyclic) bond motifs is 1. The Bertz CT molecular complexity index is 1040. The van der Waals surface area contributed by atoms with Gasteiger partial charge in [0, 0.05) is 35.7 Å². The summed E-state index contributed by atoms with van der Waals surface area (Å²) in [4.78, 5) is 15.8. The van der Waals surface area contributed by atoms with E-state index >= 15 is 0 Å². The Balaban J connectivity index is 0.000000196. The molecule has 0 saturated heterocycles. The summed E-state index contributed by atoms with van der Waals surface area (Å²) < 4.78 is 2.08. The van der Waals surface area contributed by atoms with Crippen LogP contribution in [0.25, 0.3) is 5.65 Å². The molecular formula is C23H30N6OS.